The van der Waals surface area contributed by atoms with Crippen LogP contribution in [0.15, 0.2) is 61.2 Å². The number of carbonyl (C=O) groups is 1. The van der Waals surface area contributed by atoms with Crippen molar-refractivity contribution in [3.63, 3.8) is 0 Å². The van der Waals surface area contributed by atoms with Crippen LogP contribution in [0.25, 0.3) is 28.0 Å². The van der Waals surface area contributed by atoms with E-state index in [-0.39, 0.29) is 36.3 Å². The average Bonchev–Trinajstić information content (AvgIpc) is 3.72. The number of rotatable bonds is 5. The van der Waals surface area contributed by atoms with Gasteiger partial charge in [0.05, 0.1) is 24.2 Å². The van der Waals surface area contributed by atoms with Crippen LogP contribution in [0.3, 0.4) is 0 Å². The van der Waals surface area contributed by atoms with Crippen molar-refractivity contribution < 1.29 is 9.90 Å². The Morgan fingerprint density at radius 2 is 1.82 bits per heavy atom. The van der Waals surface area contributed by atoms with Crippen molar-refractivity contribution in [1.29, 1.82) is 0 Å². The summed E-state index contributed by atoms with van der Waals surface area (Å²) >= 11 is 0. The molecule has 1 amide bonds. The quantitative estimate of drug-likeness (QED) is 0.319. The molecule has 0 spiro atoms. The van der Waals surface area contributed by atoms with Crippen LogP contribution >= 0.6 is 0 Å². The Labute approximate surface area is 223 Å². The zero-order valence-electron chi connectivity index (χ0n) is 21.1. The Morgan fingerprint density at radius 3 is 2.49 bits per heavy atom. The molecule has 0 aliphatic carbocycles. The zero-order valence-corrected chi connectivity index (χ0v) is 21.1. The largest absolute Gasteiger partial charge is 0.391 e. The van der Waals surface area contributed by atoms with Gasteiger partial charge in [-0.3, -0.25) is 14.9 Å². The molecule has 7 rings (SSSR count). The molecule has 2 fully saturated rings. The number of pyridine rings is 1. The SMILES string of the molecule is Nc1c(CO)c(C2CC3CCC(C2)N3C(=O)c2ncn[nH]2)nc2c(-c3ccc(-c4ccccc4)nc3)cnn12. The standard InChI is InChI=1S/C28H27N9O2/c29-25-22(14-38)24(18-10-19-7-8-20(11-18)36(19)28(39)26-31-15-32-35-26)34-27-21(13-33-37(25)27)17-6-9-23(30-12-17)16-4-2-1-3-5-16/h1-6,9,12-13,15,18-20,38H,7-8,10-11,14,29H2,(H,31,32,35). The van der Waals surface area contributed by atoms with Crippen LogP contribution in [0.1, 0.15) is 53.5 Å². The third kappa shape index (κ3) is 3.85. The van der Waals surface area contributed by atoms with Gasteiger partial charge >= 0.3 is 0 Å². The highest BCUT2D eigenvalue weighted by Gasteiger charge is 2.45. The number of aliphatic hydroxyl groups excluding tert-OH is 1. The van der Waals surface area contributed by atoms with Crippen molar-refractivity contribution in [2.45, 2.75) is 50.3 Å². The van der Waals surface area contributed by atoms with Gasteiger partial charge in [-0.05, 0) is 31.7 Å². The van der Waals surface area contributed by atoms with Gasteiger partial charge < -0.3 is 15.7 Å². The number of H-pyrrole nitrogens is 1. The van der Waals surface area contributed by atoms with Crippen molar-refractivity contribution in [3.8, 4) is 22.4 Å². The Bertz CT molecular complexity index is 1630. The molecule has 2 aliphatic heterocycles. The van der Waals surface area contributed by atoms with Gasteiger partial charge in [-0.1, -0.05) is 36.4 Å². The molecule has 4 aromatic heterocycles. The van der Waals surface area contributed by atoms with E-state index in [0.29, 0.717) is 17.0 Å². The van der Waals surface area contributed by atoms with Gasteiger partial charge in [0.1, 0.15) is 12.1 Å². The number of benzene rings is 1. The normalized spacial score (nSPS) is 20.5. The number of anilines is 1. The van der Waals surface area contributed by atoms with Crippen molar-refractivity contribution in [3.05, 3.63) is 78.3 Å². The summed E-state index contributed by atoms with van der Waals surface area (Å²) < 4.78 is 1.59. The monoisotopic (exact) mass is 521 g/mol. The maximum atomic E-state index is 13.1. The molecule has 2 bridgehead atoms. The molecule has 2 unspecified atom stereocenters. The summed E-state index contributed by atoms with van der Waals surface area (Å²) in [6, 6.07) is 14.1. The molecule has 39 heavy (non-hydrogen) atoms. The van der Waals surface area contributed by atoms with Crippen LogP contribution in [0.4, 0.5) is 5.82 Å². The van der Waals surface area contributed by atoms with Crippen LogP contribution in [0.5, 0.6) is 0 Å². The molecule has 0 radical (unpaired) electrons. The number of nitrogens with two attached hydrogens (primary N) is 1. The van der Waals surface area contributed by atoms with Gasteiger partial charge in [0.15, 0.2) is 5.65 Å². The number of aromatic amines is 1. The van der Waals surface area contributed by atoms with Crippen molar-refractivity contribution in [1.82, 2.24) is 39.7 Å². The molecule has 2 atom stereocenters. The first-order chi connectivity index (χ1) is 19.1. The molecule has 6 heterocycles. The fraction of sp³-hybridized carbons (Fsp3) is 0.286. The van der Waals surface area contributed by atoms with Gasteiger partial charge in [0.25, 0.3) is 5.91 Å². The second kappa shape index (κ2) is 9.28. The van der Waals surface area contributed by atoms with Gasteiger partial charge in [0, 0.05) is 46.5 Å². The average molecular weight is 522 g/mol. The molecule has 2 aliphatic rings. The number of hydrogen-bond donors (Lipinski definition) is 3. The molecule has 11 nitrogen and oxygen atoms in total. The summed E-state index contributed by atoms with van der Waals surface area (Å²) in [6.45, 7) is -0.237. The highest BCUT2D eigenvalue weighted by Crippen LogP contribution is 2.45. The van der Waals surface area contributed by atoms with E-state index in [4.69, 9.17) is 10.7 Å². The highest BCUT2D eigenvalue weighted by atomic mass is 16.3. The van der Waals surface area contributed by atoms with E-state index in [9.17, 15) is 9.90 Å². The molecule has 196 valence electrons. The first kappa shape index (κ1) is 23.5. The van der Waals surface area contributed by atoms with Gasteiger partial charge in [0.2, 0.25) is 5.82 Å². The van der Waals surface area contributed by atoms with Gasteiger partial charge in [-0.25, -0.2) is 9.97 Å². The molecule has 5 aromatic rings. The summed E-state index contributed by atoms with van der Waals surface area (Å²) in [4.78, 5) is 28.8. The zero-order chi connectivity index (χ0) is 26.5. The van der Waals surface area contributed by atoms with Crippen molar-refractivity contribution in [2.75, 3.05) is 5.73 Å². The summed E-state index contributed by atoms with van der Waals surface area (Å²) in [5.74, 6) is 0.580. The second-order valence-corrected chi connectivity index (χ2v) is 10.2. The molecular formula is C28H27N9O2. The van der Waals surface area contributed by atoms with E-state index in [1.807, 2.05) is 53.6 Å². The van der Waals surface area contributed by atoms with Crippen LogP contribution < -0.4 is 5.73 Å². The lowest BCUT2D eigenvalue weighted by Gasteiger charge is -2.38. The van der Waals surface area contributed by atoms with Gasteiger partial charge in [-0.15, -0.1) is 0 Å². The number of carbonyl (C=O) groups excluding carboxylic acids is 1. The smallest absolute Gasteiger partial charge is 0.291 e. The Hall–Kier alpha value is -4.64. The lowest BCUT2D eigenvalue weighted by molar-refractivity contribution is 0.0556. The Morgan fingerprint density at radius 1 is 1.03 bits per heavy atom. The Balaban J connectivity index is 1.24. The fourth-order valence-corrected chi connectivity index (χ4v) is 6.27. The minimum absolute atomic E-state index is 0.0528. The van der Waals surface area contributed by atoms with Crippen LogP contribution in [0.2, 0.25) is 0 Å². The number of fused-ring (bicyclic) bond motifs is 3. The predicted octanol–water partition coefficient (Wildman–Crippen LogP) is 3.20. The number of amides is 1. The van der Waals surface area contributed by atoms with E-state index in [1.54, 1.807) is 10.7 Å². The molecular weight excluding hydrogens is 494 g/mol. The summed E-state index contributed by atoms with van der Waals surface area (Å²) in [5.41, 5.74) is 12.2. The van der Waals surface area contributed by atoms with E-state index in [2.05, 4.69) is 25.3 Å². The van der Waals surface area contributed by atoms with E-state index < -0.39 is 0 Å². The highest BCUT2D eigenvalue weighted by molar-refractivity contribution is 5.91. The fourth-order valence-electron chi connectivity index (χ4n) is 6.27. The van der Waals surface area contributed by atoms with E-state index in [1.165, 1.54) is 6.33 Å². The lowest BCUT2D eigenvalue weighted by Crippen LogP contribution is -2.46. The first-order valence-electron chi connectivity index (χ1n) is 13.1. The van der Waals surface area contributed by atoms with Crippen molar-refractivity contribution in [2.24, 2.45) is 0 Å². The predicted molar refractivity (Wildman–Crippen MR) is 143 cm³/mol. The first-order valence-corrected chi connectivity index (χ1v) is 13.1. The van der Waals surface area contributed by atoms with E-state index >= 15 is 0 Å². The lowest BCUT2D eigenvalue weighted by atomic mass is 9.86. The minimum Gasteiger partial charge on any atom is -0.391 e. The topological polar surface area (TPSA) is 151 Å². The molecule has 11 heteroatoms. The molecule has 2 saturated heterocycles. The third-order valence-electron chi connectivity index (χ3n) is 8.09. The second-order valence-electron chi connectivity index (χ2n) is 10.2. The number of aliphatic hydroxyl groups is 1. The van der Waals surface area contributed by atoms with Crippen molar-refractivity contribution >= 4 is 17.4 Å². The number of nitrogen functional groups attached to an aromatic ring is 1. The summed E-state index contributed by atoms with van der Waals surface area (Å²) in [5, 5.41) is 21.3. The van der Waals surface area contributed by atoms with E-state index in [0.717, 1.165) is 53.8 Å². The van der Waals surface area contributed by atoms with Crippen LogP contribution in [-0.4, -0.2) is 62.8 Å². The number of hydrogen-bond acceptors (Lipinski definition) is 8. The molecule has 0 saturated carbocycles. The summed E-state index contributed by atoms with van der Waals surface area (Å²) in [6.07, 6.45) is 8.24. The van der Waals surface area contributed by atoms with Gasteiger partial charge in [-0.2, -0.15) is 14.7 Å². The minimum atomic E-state index is -0.237. The van der Waals surface area contributed by atoms with Crippen LogP contribution in [-0.2, 0) is 6.61 Å². The maximum Gasteiger partial charge on any atom is 0.291 e. The number of aromatic nitrogens is 7. The number of piperidine rings is 1. The van der Waals surface area contributed by atoms with Crippen LogP contribution in [0, 0.1) is 0 Å². The number of nitrogens with zero attached hydrogens (tertiary/aromatic N) is 7. The summed E-state index contributed by atoms with van der Waals surface area (Å²) in [7, 11) is 0. The Kier molecular flexibility index (Phi) is 5.58. The third-order valence-corrected chi connectivity index (χ3v) is 8.09. The maximum absolute atomic E-state index is 13.1. The number of nitrogens with one attached hydrogen (secondary N) is 1. The molecule has 1 aromatic carbocycles. The molecule has 4 N–H and O–H groups in total.